The zero-order valence-corrected chi connectivity index (χ0v) is 5.20. The predicted molar refractivity (Wildman–Crippen MR) is 37.4 cm³/mol. The van der Waals surface area contributed by atoms with Crippen LogP contribution >= 0.6 is 0 Å². The van der Waals surface area contributed by atoms with Crippen molar-refractivity contribution in [2.45, 2.75) is 0 Å². The third kappa shape index (κ3) is 1.08. The van der Waals surface area contributed by atoms with Gasteiger partial charge in [-0.1, -0.05) is 13.2 Å². The second-order valence-electron chi connectivity index (χ2n) is 1.67. The maximum atomic E-state index is 3.59. The Morgan fingerprint density at radius 3 is 2.56 bits per heavy atom. The molecule has 0 saturated carbocycles. The number of aromatic nitrogens is 2. The predicted octanol–water partition coefficient (Wildman–Crippen LogP) is 0.977. The summed E-state index contributed by atoms with van der Waals surface area (Å²) in [5.74, 6) is 0. The van der Waals surface area contributed by atoms with E-state index in [1.165, 1.54) is 0 Å². The largest absolute Gasteiger partial charge is 0.253 e. The van der Waals surface area contributed by atoms with Gasteiger partial charge in [0.2, 0.25) is 0 Å². The number of imidazole rings is 1. The molecular formula is C7H9N2+. The second-order valence-corrected chi connectivity index (χ2v) is 1.67. The highest BCUT2D eigenvalue weighted by Gasteiger charge is 1.92. The fourth-order valence-electron chi connectivity index (χ4n) is 0.601. The molecule has 0 saturated heterocycles. The third-order valence-electron chi connectivity index (χ3n) is 1.10. The Labute approximate surface area is 54.4 Å². The van der Waals surface area contributed by atoms with E-state index < -0.39 is 0 Å². The molecule has 0 amide bonds. The second kappa shape index (κ2) is 2.31. The molecule has 2 nitrogen and oxygen atoms in total. The highest BCUT2D eigenvalue weighted by molar-refractivity contribution is 5.13. The first-order chi connectivity index (χ1) is 4.36. The molecule has 0 aliphatic rings. The van der Waals surface area contributed by atoms with Crippen LogP contribution in [0.25, 0.3) is 12.4 Å². The van der Waals surface area contributed by atoms with Crippen molar-refractivity contribution in [3.05, 3.63) is 31.9 Å². The zero-order valence-electron chi connectivity index (χ0n) is 5.20. The molecular weight excluding hydrogens is 112 g/mol. The van der Waals surface area contributed by atoms with Crippen LogP contribution in [0.15, 0.2) is 31.9 Å². The molecule has 1 aromatic rings. The van der Waals surface area contributed by atoms with Crippen LogP contribution in [0, 0.1) is 0 Å². The lowest BCUT2D eigenvalue weighted by Gasteiger charge is -1.76. The summed E-state index contributed by atoms with van der Waals surface area (Å²) >= 11 is 0. The van der Waals surface area contributed by atoms with Crippen LogP contribution in [-0.4, -0.2) is 4.57 Å². The molecule has 46 valence electrons. The molecule has 1 rings (SSSR count). The van der Waals surface area contributed by atoms with Crippen molar-refractivity contribution < 1.29 is 4.57 Å². The Balaban J connectivity index is 2.98. The van der Waals surface area contributed by atoms with Crippen molar-refractivity contribution in [3.63, 3.8) is 0 Å². The van der Waals surface area contributed by atoms with Gasteiger partial charge in [-0.15, -0.1) is 0 Å². The highest BCUT2D eigenvalue weighted by Crippen LogP contribution is 1.81. The Morgan fingerprint density at radius 2 is 2.22 bits per heavy atom. The summed E-state index contributed by atoms with van der Waals surface area (Å²) in [6, 6.07) is 0. The van der Waals surface area contributed by atoms with Gasteiger partial charge in [-0.2, -0.15) is 0 Å². The lowest BCUT2D eigenvalue weighted by atomic mass is 10.8. The zero-order chi connectivity index (χ0) is 6.69. The molecule has 0 aliphatic carbocycles. The van der Waals surface area contributed by atoms with Crippen molar-refractivity contribution in [1.29, 1.82) is 0 Å². The number of hydrogen-bond acceptors (Lipinski definition) is 0. The minimum atomic E-state index is 1.72. The van der Waals surface area contributed by atoms with Gasteiger partial charge < -0.3 is 0 Å². The molecule has 0 aliphatic heterocycles. The molecule has 0 aromatic carbocycles. The molecule has 0 unspecified atom stereocenters. The molecule has 0 spiro atoms. The average Bonchev–Trinajstić information content (AvgIpc) is 2.34. The van der Waals surface area contributed by atoms with Crippen LogP contribution in [0.3, 0.4) is 0 Å². The van der Waals surface area contributed by atoms with Crippen molar-refractivity contribution in [3.8, 4) is 0 Å². The van der Waals surface area contributed by atoms with Gasteiger partial charge in [0.25, 0.3) is 6.33 Å². The highest BCUT2D eigenvalue weighted by atomic mass is 15.1. The SMILES string of the molecule is C=Cn1cc[n+](C=C)c1. The summed E-state index contributed by atoms with van der Waals surface area (Å²) in [6.45, 7) is 7.19. The standard InChI is InChI=1S/C7H9N2/c1-3-8-5-6-9(4-2)7-8/h3-7H,1-2H2/q+1. The van der Waals surface area contributed by atoms with Crippen LogP contribution in [0.4, 0.5) is 0 Å². The summed E-state index contributed by atoms with van der Waals surface area (Å²) in [4.78, 5) is 0. The lowest BCUT2D eigenvalue weighted by molar-refractivity contribution is -0.566. The van der Waals surface area contributed by atoms with Gasteiger partial charge in [0.05, 0.1) is 12.4 Å². The van der Waals surface area contributed by atoms with E-state index in [0.717, 1.165) is 0 Å². The topological polar surface area (TPSA) is 8.81 Å². The van der Waals surface area contributed by atoms with Crippen molar-refractivity contribution in [2.75, 3.05) is 0 Å². The number of rotatable bonds is 2. The summed E-state index contributed by atoms with van der Waals surface area (Å²) in [5.41, 5.74) is 0. The van der Waals surface area contributed by atoms with E-state index in [9.17, 15) is 0 Å². The van der Waals surface area contributed by atoms with Gasteiger partial charge in [-0.05, 0) is 0 Å². The molecule has 1 aromatic heterocycles. The minimum absolute atomic E-state index is 1.72. The lowest BCUT2D eigenvalue weighted by Crippen LogP contribution is -2.20. The first-order valence-electron chi connectivity index (χ1n) is 2.70. The Morgan fingerprint density at radius 1 is 1.44 bits per heavy atom. The summed E-state index contributed by atoms with van der Waals surface area (Å²) < 4.78 is 3.70. The van der Waals surface area contributed by atoms with E-state index in [1.54, 1.807) is 12.4 Å². The van der Waals surface area contributed by atoms with E-state index >= 15 is 0 Å². The van der Waals surface area contributed by atoms with Crippen LogP contribution in [0.2, 0.25) is 0 Å². The molecule has 0 fully saturated rings. The van der Waals surface area contributed by atoms with Gasteiger partial charge in [-0.3, -0.25) is 0 Å². The van der Waals surface area contributed by atoms with Crippen molar-refractivity contribution in [2.24, 2.45) is 0 Å². The van der Waals surface area contributed by atoms with Gasteiger partial charge in [0, 0.05) is 0 Å². The molecule has 0 radical (unpaired) electrons. The first kappa shape index (κ1) is 5.82. The molecule has 2 heteroatoms. The molecule has 0 bridgehead atoms. The van der Waals surface area contributed by atoms with E-state index in [4.69, 9.17) is 0 Å². The quantitative estimate of drug-likeness (QED) is 0.516. The van der Waals surface area contributed by atoms with Gasteiger partial charge in [0.15, 0.2) is 0 Å². The van der Waals surface area contributed by atoms with Gasteiger partial charge in [-0.25, -0.2) is 9.13 Å². The van der Waals surface area contributed by atoms with E-state index in [-0.39, 0.29) is 0 Å². The number of hydrogen-bond donors (Lipinski definition) is 0. The fraction of sp³-hybridized carbons (Fsp3) is 0. The molecule has 0 atom stereocenters. The van der Waals surface area contributed by atoms with E-state index in [1.807, 2.05) is 27.9 Å². The Bertz CT molecular complexity index is 200. The molecule has 1 heterocycles. The smallest absolute Gasteiger partial charge is 0.210 e. The van der Waals surface area contributed by atoms with Crippen molar-refractivity contribution in [1.82, 2.24) is 4.57 Å². The normalized spacial score (nSPS) is 8.89. The van der Waals surface area contributed by atoms with Crippen LogP contribution in [0.1, 0.15) is 0 Å². The molecule has 9 heavy (non-hydrogen) atoms. The summed E-state index contributed by atoms with van der Waals surface area (Å²) in [7, 11) is 0. The maximum absolute atomic E-state index is 3.59. The van der Waals surface area contributed by atoms with Crippen LogP contribution in [-0.2, 0) is 0 Å². The van der Waals surface area contributed by atoms with Gasteiger partial charge >= 0.3 is 0 Å². The molecule has 0 N–H and O–H groups in total. The average molecular weight is 121 g/mol. The van der Waals surface area contributed by atoms with Crippen LogP contribution < -0.4 is 4.57 Å². The van der Waals surface area contributed by atoms with Gasteiger partial charge in [0.1, 0.15) is 12.4 Å². The number of nitrogens with zero attached hydrogens (tertiary/aromatic N) is 2. The van der Waals surface area contributed by atoms with E-state index in [2.05, 4.69) is 13.2 Å². The monoisotopic (exact) mass is 121 g/mol. The van der Waals surface area contributed by atoms with Crippen LogP contribution in [0.5, 0.6) is 0 Å². The first-order valence-corrected chi connectivity index (χ1v) is 2.70. The maximum Gasteiger partial charge on any atom is 0.253 e. The fourth-order valence-corrected chi connectivity index (χ4v) is 0.601. The Hall–Kier alpha value is -1.31. The Kier molecular flexibility index (Phi) is 1.49. The third-order valence-corrected chi connectivity index (χ3v) is 1.10. The summed E-state index contributed by atoms with van der Waals surface area (Å²) in [5, 5.41) is 0. The van der Waals surface area contributed by atoms with E-state index in [0.29, 0.717) is 0 Å². The summed E-state index contributed by atoms with van der Waals surface area (Å²) in [6.07, 6.45) is 9.11. The minimum Gasteiger partial charge on any atom is -0.210 e. The van der Waals surface area contributed by atoms with Crippen molar-refractivity contribution >= 4 is 12.4 Å².